The standard InChI is InChI=1S/C56H65BN2S/c1-32-25-39-36-18-19-37-38-30-40-41(54(11,12)24-23-53(40,9)10)31-46(38)60-50(37)48(36)59(44-20-17-34(27-33(44)2)51(3,4)5)57-43-29-35(52(6,7)8)28-42-49(43)58(45(26-32)47(39)57)56(14)22-16-15-21-55(42,56)13/h17-20,25-31H,15-16,21-24H2,1-14H3. The fourth-order valence-electron chi connectivity index (χ4n) is 12.9. The van der Waals surface area contributed by atoms with Crippen LogP contribution in [0.2, 0.25) is 0 Å². The molecular formula is C56H65BN2S. The number of thiophene rings is 1. The number of benzene rings is 5. The van der Waals surface area contributed by atoms with E-state index in [2.05, 4.69) is 173 Å². The van der Waals surface area contributed by atoms with Gasteiger partial charge >= 0.3 is 6.85 Å². The summed E-state index contributed by atoms with van der Waals surface area (Å²) < 4.78 is 2.85. The molecule has 308 valence electrons. The summed E-state index contributed by atoms with van der Waals surface area (Å²) in [5.41, 5.74) is 22.1. The first-order valence-corrected chi connectivity index (χ1v) is 24.0. The Hall–Kier alpha value is -4.02. The maximum Gasteiger partial charge on any atom is 0.333 e. The quantitative estimate of drug-likeness (QED) is 0.153. The van der Waals surface area contributed by atoms with Crippen LogP contribution in [-0.4, -0.2) is 12.4 Å². The van der Waals surface area contributed by atoms with Gasteiger partial charge in [0.1, 0.15) is 0 Å². The minimum Gasteiger partial charge on any atom is -0.375 e. The second-order valence-corrected chi connectivity index (χ2v) is 24.8. The van der Waals surface area contributed by atoms with Crippen molar-refractivity contribution in [3.63, 3.8) is 0 Å². The zero-order valence-electron chi connectivity index (χ0n) is 39.0. The lowest BCUT2D eigenvalue weighted by Crippen LogP contribution is -2.64. The number of rotatable bonds is 1. The van der Waals surface area contributed by atoms with Crippen LogP contribution in [0.4, 0.5) is 22.7 Å². The van der Waals surface area contributed by atoms with Gasteiger partial charge in [-0.3, -0.25) is 0 Å². The van der Waals surface area contributed by atoms with Crippen LogP contribution in [0.5, 0.6) is 0 Å². The zero-order chi connectivity index (χ0) is 42.4. The Bertz CT molecular complexity index is 2880. The average Bonchev–Trinajstić information content (AvgIpc) is 3.64. The highest BCUT2D eigenvalue weighted by molar-refractivity contribution is 7.26. The largest absolute Gasteiger partial charge is 0.375 e. The van der Waals surface area contributed by atoms with Crippen molar-refractivity contribution in [2.24, 2.45) is 0 Å². The smallest absolute Gasteiger partial charge is 0.333 e. The molecule has 2 aliphatic carbocycles. The number of aryl methyl sites for hydroxylation is 2. The molecule has 0 amide bonds. The van der Waals surface area contributed by atoms with Gasteiger partial charge in [0.2, 0.25) is 0 Å². The monoisotopic (exact) mass is 808 g/mol. The summed E-state index contributed by atoms with van der Waals surface area (Å²) in [5, 5.41) is 2.83. The molecule has 6 aromatic rings. The van der Waals surface area contributed by atoms with E-state index in [1.807, 2.05) is 11.3 Å². The fraction of sp³-hybridized carbons (Fsp3) is 0.464. The van der Waals surface area contributed by atoms with Crippen LogP contribution in [0.15, 0.2) is 66.7 Å². The number of nitrogens with zero attached hydrogens (tertiary/aromatic N) is 2. The topological polar surface area (TPSA) is 6.48 Å². The molecule has 2 nitrogen and oxygen atoms in total. The summed E-state index contributed by atoms with van der Waals surface area (Å²) in [6, 6.07) is 28.0. The van der Waals surface area contributed by atoms with Gasteiger partial charge in [0.15, 0.2) is 0 Å². The normalized spacial score (nSPS) is 23.4. The van der Waals surface area contributed by atoms with Gasteiger partial charge < -0.3 is 9.71 Å². The van der Waals surface area contributed by atoms with Gasteiger partial charge in [0.05, 0.1) is 15.9 Å². The van der Waals surface area contributed by atoms with E-state index in [9.17, 15) is 0 Å². The number of hydrogen-bond acceptors (Lipinski definition) is 3. The molecule has 0 spiro atoms. The Morgan fingerprint density at radius 2 is 1.28 bits per heavy atom. The summed E-state index contributed by atoms with van der Waals surface area (Å²) in [5.74, 6) is 0. The van der Waals surface area contributed by atoms with E-state index < -0.39 is 0 Å². The first-order chi connectivity index (χ1) is 28.0. The van der Waals surface area contributed by atoms with E-state index in [4.69, 9.17) is 0 Å². The summed E-state index contributed by atoms with van der Waals surface area (Å²) in [7, 11) is 0. The van der Waals surface area contributed by atoms with Crippen molar-refractivity contribution in [3.8, 4) is 11.1 Å². The fourth-order valence-corrected chi connectivity index (χ4v) is 14.2. The lowest BCUT2D eigenvalue weighted by atomic mass is 9.43. The molecule has 5 aliphatic rings. The highest BCUT2D eigenvalue weighted by atomic mass is 32.1. The van der Waals surface area contributed by atoms with E-state index in [0.29, 0.717) is 0 Å². The molecule has 0 radical (unpaired) electrons. The predicted octanol–water partition coefficient (Wildman–Crippen LogP) is 14.6. The zero-order valence-corrected chi connectivity index (χ0v) is 39.8. The SMILES string of the molecule is Cc1cc2c3c(c1)N1c4c(cc(C(C)(C)C)cc4C4(C)CCCCC14C)B3N(c1ccc(C(C)(C)C)cc1C)c1c-2ccc2c1sc1cc3c(cc12)C(C)(C)CCC3(C)C. The lowest BCUT2D eigenvalue weighted by Gasteiger charge is -2.53. The molecule has 1 saturated carbocycles. The third kappa shape index (κ3) is 4.95. The van der Waals surface area contributed by atoms with Crippen molar-refractivity contribution in [2.75, 3.05) is 9.71 Å². The molecule has 60 heavy (non-hydrogen) atoms. The average molecular weight is 809 g/mol. The Labute approximate surface area is 364 Å². The molecule has 0 N–H and O–H groups in total. The van der Waals surface area contributed by atoms with E-state index >= 15 is 0 Å². The summed E-state index contributed by atoms with van der Waals surface area (Å²) in [6.45, 7) is 34.2. The molecule has 2 unspecified atom stereocenters. The van der Waals surface area contributed by atoms with Crippen molar-refractivity contribution in [1.82, 2.24) is 0 Å². The van der Waals surface area contributed by atoms with E-state index in [-0.39, 0.29) is 39.5 Å². The molecule has 3 aliphatic heterocycles. The Morgan fingerprint density at radius 3 is 1.97 bits per heavy atom. The first-order valence-electron chi connectivity index (χ1n) is 23.1. The maximum atomic E-state index is 2.90. The van der Waals surface area contributed by atoms with Crippen LogP contribution in [-0.2, 0) is 27.1 Å². The third-order valence-corrected chi connectivity index (χ3v) is 18.1. The maximum absolute atomic E-state index is 2.90. The van der Waals surface area contributed by atoms with Crippen LogP contribution >= 0.6 is 11.3 Å². The van der Waals surface area contributed by atoms with Crippen LogP contribution in [0.3, 0.4) is 0 Å². The molecule has 2 atom stereocenters. The number of hydrogen-bond donors (Lipinski definition) is 0. The Balaban J connectivity index is 1.30. The highest BCUT2D eigenvalue weighted by Gasteiger charge is 2.62. The molecule has 4 heteroatoms. The van der Waals surface area contributed by atoms with Gasteiger partial charge in [-0.25, -0.2) is 0 Å². The van der Waals surface area contributed by atoms with Gasteiger partial charge in [0, 0.05) is 43.5 Å². The van der Waals surface area contributed by atoms with Crippen molar-refractivity contribution in [2.45, 2.75) is 168 Å². The minimum atomic E-state index is -0.00312. The molecule has 0 bridgehead atoms. The van der Waals surface area contributed by atoms with Gasteiger partial charge in [-0.05, 0) is 148 Å². The van der Waals surface area contributed by atoms with Crippen molar-refractivity contribution < 1.29 is 0 Å². The van der Waals surface area contributed by atoms with E-state index in [1.165, 1.54) is 126 Å². The van der Waals surface area contributed by atoms with Crippen LogP contribution in [0.25, 0.3) is 31.3 Å². The summed E-state index contributed by atoms with van der Waals surface area (Å²) in [6.07, 6.45) is 7.47. The third-order valence-electron chi connectivity index (χ3n) is 16.9. The second kappa shape index (κ2) is 11.9. The first kappa shape index (κ1) is 38.9. The minimum absolute atomic E-state index is 0.00312. The molecule has 4 heterocycles. The van der Waals surface area contributed by atoms with Gasteiger partial charge in [-0.1, -0.05) is 131 Å². The predicted molar refractivity (Wildman–Crippen MR) is 263 cm³/mol. The van der Waals surface area contributed by atoms with E-state index in [1.54, 1.807) is 16.7 Å². The summed E-state index contributed by atoms with van der Waals surface area (Å²) >= 11 is 2.04. The van der Waals surface area contributed by atoms with Crippen LogP contribution < -0.4 is 20.6 Å². The van der Waals surface area contributed by atoms with Crippen LogP contribution in [0, 0.1) is 13.8 Å². The number of fused-ring (bicyclic) bond motifs is 12. The van der Waals surface area contributed by atoms with Gasteiger partial charge in [-0.15, -0.1) is 11.3 Å². The second-order valence-electron chi connectivity index (χ2n) is 23.7. The van der Waals surface area contributed by atoms with Crippen LogP contribution in [0.1, 0.15) is 161 Å². The van der Waals surface area contributed by atoms with Crippen molar-refractivity contribution in [1.29, 1.82) is 0 Å². The molecule has 1 aromatic heterocycles. The van der Waals surface area contributed by atoms with Crippen molar-refractivity contribution >= 4 is 72.0 Å². The van der Waals surface area contributed by atoms with Gasteiger partial charge in [-0.2, -0.15) is 0 Å². The molecule has 1 fully saturated rings. The Morgan fingerprint density at radius 1 is 0.600 bits per heavy atom. The highest BCUT2D eigenvalue weighted by Crippen LogP contribution is 2.63. The lowest BCUT2D eigenvalue weighted by molar-refractivity contribution is 0.195. The molecule has 11 rings (SSSR count). The van der Waals surface area contributed by atoms with E-state index in [0.717, 1.165) is 0 Å². The summed E-state index contributed by atoms with van der Waals surface area (Å²) in [4.78, 5) is 5.76. The molecule has 0 saturated heterocycles. The molecular weight excluding hydrogens is 744 g/mol. The molecule has 5 aromatic carbocycles. The van der Waals surface area contributed by atoms with Crippen molar-refractivity contribution in [3.05, 3.63) is 106 Å². The van der Waals surface area contributed by atoms with Gasteiger partial charge in [0.25, 0.3) is 0 Å². The number of anilines is 4. The Kier molecular flexibility index (Phi) is 7.72.